The fourth-order valence-corrected chi connectivity index (χ4v) is 8.75. The zero-order chi connectivity index (χ0) is 40.9. The van der Waals surface area contributed by atoms with Crippen molar-refractivity contribution in [1.29, 1.82) is 0 Å². The molecule has 0 bridgehead atoms. The van der Waals surface area contributed by atoms with Crippen molar-refractivity contribution in [3.63, 3.8) is 0 Å². The van der Waals surface area contributed by atoms with Crippen LogP contribution >= 0.6 is 7.75 Å². The molecule has 3 heterocycles. The minimum absolute atomic E-state index is 0.0658. The first kappa shape index (κ1) is 46.5. The Hall–Kier alpha value is -3.16. The van der Waals surface area contributed by atoms with Crippen LogP contribution in [0.2, 0.25) is 0 Å². The molecule has 320 valence electrons. The van der Waals surface area contributed by atoms with Crippen molar-refractivity contribution < 1.29 is 37.4 Å². The molecule has 15 heteroatoms. The van der Waals surface area contributed by atoms with E-state index in [9.17, 15) is 18.9 Å². The lowest BCUT2D eigenvalue weighted by atomic mass is 10.0. The van der Waals surface area contributed by atoms with Gasteiger partial charge in [0.25, 0.3) is 0 Å². The molecule has 4 N–H and O–H groups in total. The number of nitrogens with one attached hydrogen (secondary N) is 1. The number of carbonyl (C=O) groups excluding carboxylic acids is 1. The van der Waals surface area contributed by atoms with Gasteiger partial charge >= 0.3 is 19.8 Å². The summed E-state index contributed by atoms with van der Waals surface area (Å²) in [6.07, 6.45) is 24.4. The lowest BCUT2D eigenvalue weighted by Crippen LogP contribution is -2.42. The fraction of sp³-hybridized carbons (Fsp3) is 0.714. The third-order valence-electron chi connectivity index (χ3n) is 10.7. The van der Waals surface area contributed by atoms with Gasteiger partial charge in [-0.05, 0) is 32.4 Å². The number of halogens is 1. The Morgan fingerprint density at radius 1 is 0.947 bits per heavy atom. The average molecular weight is 819 g/mol. The Balaban J connectivity index is 1.11. The number of benzene rings is 1. The number of carbonyl (C=O) groups is 1. The maximum Gasteiger partial charge on any atom is 0.459 e. The first-order valence-corrected chi connectivity index (χ1v) is 23.0. The molecule has 13 nitrogen and oxygen atoms in total. The van der Waals surface area contributed by atoms with Crippen molar-refractivity contribution in [2.75, 3.05) is 18.9 Å². The minimum Gasteiger partial charge on any atom is -0.465 e. The number of esters is 1. The SMILES string of the molecule is CCCCCCCCCCCCCCCCCCCCCCOC(=O)[C@H](C)NP(=O)(OC[C@@]1(C)O[C@@H](n2cnc3c(N)nc(F)nc32)C[C@@H]1O)Oc1ccccc1. The van der Waals surface area contributed by atoms with Crippen LogP contribution in [-0.2, 0) is 23.4 Å². The van der Waals surface area contributed by atoms with Crippen molar-refractivity contribution in [2.24, 2.45) is 0 Å². The van der Waals surface area contributed by atoms with Crippen molar-refractivity contribution in [1.82, 2.24) is 24.6 Å². The summed E-state index contributed by atoms with van der Waals surface area (Å²) in [4.78, 5) is 24.4. The largest absolute Gasteiger partial charge is 0.465 e. The molecule has 0 spiro atoms. The lowest BCUT2D eigenvalue weighted by molar-refractivity contribution is -0.145. The summed E-state index contributed by atoms with van der Waals surface area (Å²) >= 11 is 0. The molecule has 1 fully saturated rings. The fourth-order valence-electron chi connectivity index (χ4n) is 7.17. The van der Waals surface area contributed by atoms with Gasteiger partial charge in [0.05, 0.1) is 25.6 Å². The van der Waals surface area contributed by atoms with E-state index < -0.39 is 43.8 Å². The number of aliphatic hydroxyl groups is 1. The first-order valence-electron chi connectivity index (χ1n) is 21.5. The van der Waals surface area contributed by atoms with E-state index in [4.69, 9.17) is 24.3 Å². The average Bonchev–Trinajstić information content (AvgIpc) is 3.75. The van der Waals surface area contributed by atoms with Gasteiger partial charge < -0.3 is 24.8 Å². The molecular formula is C42H68FN6O7P. The predicted molar refractivity (Wildman–Crippen MR) is 221 cm³/mol. The third kappa shape index (κ3) is 15.8. The number of imidazole rings is 1. The van der Waals surface area contributed by atoms with E-state index in [2.05, 4.69) is 27.0 Å². The van der Waals surface area contributed by atoms with Crippen LogP contribution in [-0.4, -0.2) is 61.6 Å². The Morgan fingerprint density at radius 3 is 2.05 bits per heavy atom. The first-order chi connectivity index (χ1) is 27.5. The number of ether oxygens (including phenoxy) is 2. The second kappa shape index (κ2) is 24.7. The van der Waals surface area contributed by atoms with Crippen LogP contribution < -0.4 is 15.3 Å². The summed E-state index contributed by atoms with van der Waals surface area (Å²) in [6, 6.07) is 7.38. The molecule has 1 saturated heterocycles. The van der Waals surface area contributed by atoms with Crippen LogP contribution in [0.5, 0.6) is 5.75 Å². The number of aromatic nitrogens is 4. The van der Waals surface area contributed by atoms with Crippen LogP contribution in [0.1, 0.15) is 162 Å². The molecular weight excluding hydrogens is 750 g/mol. The number of nitrogens with zero attached hydrogens (tertiary/aromatic N) is 4. The normalized spacial score (nSPS) is 19.8. The van der Waals surface area contributed by atoms with Crippen molar-refractivity contribution >= 4 is 30.7 Å². The van der Waals surface area contributed by atoms with E-state index in [1.54, 1.807) is 37.3 Å². The van der Waals surface area contributed by atoms with Gasteiger partial charge in [0.15, 0.2) is 17.0 Å². The lowest BCUT2D eigenvalue weighted by Gasteiger charge is -2.30. The molecule has 0 saturated carbocycles. The second-order valence-electron chi connectivity index (χ2n) is 15.7. The van der Waals surface area contributed by atoms with E-state index in [0.717, 1.165) is 19.3 Å². The molecule has 4 rings (SSSR count). The van der Waals surface area contributed by atoms with Gasteiger partial charge in [-0.1, -0.05) is 147 Å². The zero-order valence-corrected chi connectivity index (χ0v) is 35.4. The summed E-state index contributed by atoms with van der Waals surface area (Å²) in [7, 11) is -4.23. The van der Waals surface area contributed by atoms with Gasteiger partial charge in [0.2, 0.25) is 0 Å². The topological polar surface area (TPSA) is 173 Å². The van der Waals surface area contributed by atoms with E-state index in [1.807, 2.05) is 0 Å². The molecule has 0 amide bonds. The molecule has 1 aromatic carbocycles. The Labute approximate surface area is 339 Å². The number of hydrogen-bond acceptors (Lipinski definition) is 11. The maximum atomic E-state index is 14.1. The standard InChI is InChI=1S/C42H68FN6O7P/c1-4-5-6-7-8-9-10-11-12-13-14-15-16-17-18-19-20-21-22-26-29-53-40(51)33(2)48-57(52,56-34-27-24-23-25-28-34)54-31-42(3)35(50)30-36(55-42)49-32-45-37-38(44)46-41(43)47-39(37)49/h23-25,27-28,32-33,35-36,50H,4-22,26,29-31H2,1-3H3,(H,48,52)(H2,44,46,47)/t33-,35-,36+,42+,57?/m0/s1. The van der Waals surface area contributed by atoms with E-state index in [-0.39, 0.29) is 42.4 Å². The molecule has 1 unspecified atom stereocenters. The van der Waals surface area contributed by atoms with Crippen LogP contribution in [0.3, 0.4) is 0 Å². The van der Waals surface area contributed by atoms with Crippen LogP contribution in [0.25, 0.3) is 11.2 Å². The molecule has 0 radical (unpaired) electrons. The van der Waals surface area contributed by atoms with E-state index in [0.29, 0.717) is 0 Å². The maximum absolute atomic E-state index is 14.1. The van der Waals surface area contributed by atoms with Gasteiger partial charge in [0.1, 0.15) is 23.6 Å². The highest BCUT2D eigenvalue weighted by molar-refractivity contribution is 7.52. The molecule has 0 aliphatic carbocycles. The van der Waals surface area contributed by atoms with Gasteiger partial charge in [-0.3, -0.25) is 13.9 Å². The molecule has 57 heavy (non-hydrogen) atoms. The Kier molecular flexibility index (Phi) is 20.2. The van der Waals surface area contributed by atoms with Gasteiger partial charge in [-0.2, -0.15) is 19.4 Å². The quantitative estimate of drug-likeness (QED) is 0.0252. The van der Waals surface area contributed by atoms with Gasteiger partial charge in [-0.15, -0.1) is 0 Å². The number of aliphatic hydroxyl groups excluding tert-OH is 1. The van der Waals surface area contributed by atoms with Crippen molar-refractivity contribution in [3.8, 4) is 5.75 Å². The van der Waals surface area contributed by atoms with E-state index >= 15 is 0 Å². The number of fused-ring (bicyclic) bond motifs is 1. The van der Waals surface area contributed by atoms with E-state index in [1.165, 1.54) is 127 Å². The summed E-state index contributed by atoms with van der Waals surface area (Å²) in [5.74, 6) is -0.463. The molecule has 1 aliphatic heterocycles. The van der Waals surface area contributed by atoms with Crippen LogP contribution in [0, 0.1) is 6.08 Å². The molecule has 2 aromatic heterocycles. The highest BCUT2D eigenvalue weighted by atomic mass is 31.2. The number of nitrogens with two attached hydrogens (primary N) is 1. The highest BCUT2D eigenvalue weighted by Crippen LogP contribution is 2.48. The Morgan fingerprint density at radius 2 is 1.49 bits per heavy atom. The number of unbranched alkanes of at least 4 members (excludes halogenated alkanes) is 19. The molecule has 1 aliphatic rings. The highest BCUT2D eigenvalue weighted by Gasteiger charge is 2.48. The summed E-state index contributed by atoms with van der Waals surface area (Å²) in [5.41, 5.74) is 4.71. The molecule has 3 aromatic rings. The number of anilines is 1. The second-order valence-corrected chi connectivity index (χ2v) is 17.4. The molecule has 5 atom stereocenters. The third-order valence-corrected chi connectivity index (χ3v) is 12.3. The van der Waals surface area contributed by atoms with Crippen LogP contribution in [0.15, 0.2) is 36.7 Å². The summed E-state index contributed by atoms with van der Waals surface area (Å²) in [6.45, 7) is 5.26. The number of hydrogen-bond donors (Lipinski definition) is 3. The minimum atomic E-state index is -4.23. The van der Waals surface area contributed by atoms with Gasteiger partial charge in [0, 0.05) is 6.42 Å². The monoisotopic (exact) mass is 818 g/mol. The zero-order valence-electron chi connectivity index (χ0n) is 34.5. The predicted octanol–water partition coefficient (Wildman–Crippen LogP) is 10.1. The number of para-hydroxylation sites is 1. The summed E-state index contributed by atoms with van der Waals surface area (Å²) < 4.78 is 52.9. The van der Waals surface area contributed by atoms with Gasteiger partial charge in [-0.25, -0.2) is 9.55 Å². The van der Waals surface area contributed by atoms with Crippen molar-refractivity contribution in [2.45, 2.75) is 180 Å². The smallest absolute Gasteiger partial charge is 0.459 e. The number of rotatable bonds is 30. The summed E-state index contributed by atoms with van der Waals surface area (Å²) in [5, 5.41) is 13.8. The Bertz CT molecular complexity index is 1650. The van der Waals surface area contributed by atoms with Crippen LogP contribution in [0.4, 0.5) is 10.2 Å². The van der Waals surface area contributed by atoms with Crippen molar-refractivity contribution in [3.05, 3.63) is 42.7 Å². The number of nitrogen functional groups attached to an aromatic ring is 1.